The molecule has 0 aliphatic rings. The summed E-state index contributed by atoms with van der Waals surface area (Å²) in [6.07, 6.45) is 6.17. The number of ether oxygens (including phenoxy) is 1. The van der Waals surface area contributed by atoms with Gasteiger partial charge < -0.3 is 9.84 Å². The molecule has 0 saturated carbocycles. The van der Waals surface area contributed by atoms with Crippen molar-refractivity contribution in [2.24, 2.45) is 5.92 Å². The predicted octanol–water partition coefficient (Wildman–Crippen LogP) is 1.96. The van der Waals surface area contributed by atoms with Gasteiger partial charge in [-0.05, 0) is 24.5 Å². The molecule has 16 heavy (non-hydrogen) atoms. The number of carboxylic acid groups (broad SMARTS) is 1. The van der Waals surface area contributed by atoms with Crippen LogP contribution in [0.15, 0.2) is 24.3 Å². The van der Waals surface area contributed by atoms with Crippen LogP contribution in [-0.4, -0.2) is 18.2 Å². The van der Waals surface area contributed by atoms with Gasteiger partial charge >= 0.3 is 5.97 Å². The van der Waals surface area contributed by atoms with E-state index < -0.39 is 11.9 Å². The highest BCUT2D eigenvalue weighted by molar-refractivity contribution is 5.73. The van der Waals surface area contributed by atoms with Gasteiger partial charge in [-0.2, -0.15) is 0 Å². The van der Waals surface area contributed by atoms with E-state index in [4.69, 9.17) is 16.3 Å². The molecule has 0 aliphatic carbocycles. The van der Waals surface area contributed by atoms with E-state index >= 15 is 0 Å². The van der Waals surface area contributed by atoms with Gasteiger partial charge in [0.05, 0.1) is 7.11 Å². The zero-order chi connectivity index (χ0) is 12.0. The van der Waals surface area contributed by atoms with Gasteiger partial charge in [0, 0.05) is 0 Å². The summed E-state index contributed by atoms with van der Waals surface area (Å²) in [7, 11) is 1.59. The molecular weight excluding hydrogens is 204 g/mol. The van der Waals surface area contributed by atoms with Crippen molar-refractivity contribution in [3.8, 4) is 18.1 Å². The smallest absolute Gasteiger partial charge is 0.318 e. The van der Waals surface area contributed by atoms with Crippen LogP contribution in [0.3, 0.4) is 0 Å². The molecule has 0 bridgehead atoms. The second kappa shape index (κ2) is 5.82. The van der Waals surface area contributed by atoms with Crippen molar-refractivity contribution in [3.63, 3.8) is 0 Å². The van der Waals surface area contributed by atoms with E-state index in [1.54, 1.807) is 7.11 Å². The Labute approximate surface area is 95.1 Å². The number of rotatable bonds is 5. The van der Waals surface area contributed by atoms with Crippen LogP contribution in [0.4, 0.5) is 0 Å². The summed E-state index contributed by atoms with van der Waals surface area (Å²) < 4.78 is 5.17. The Hall–Kier alpha value is -1.95. The molecule has 0 heterocycles. The van der Waals surface area contributed by atoms with Crippen molar-refractivity contribution in [2.45, 2.75) is 12.8 Å². The third-order valence-electron chi connectivity index (χ3n) is 2.39. The molecule has 0 radical (unpaired) electrons. The summed E-state index contributed by atoms with van der Waals surface area (Å²) in [5.74, 6) is 1.36. The van der Waals surface area contributed by atoms with E-state index in [-0.39, 0.29) is 0 Å². The van der Waals surface area contributed by atoms with Crippen LogP contribution in [0.1, 0.15) is 12.0 Å². The van der Waals surface area contributed by atoms with Gasteiger partial charge in [0.15, 0.2) is 0 Å². The molecule has 1 aromatic rings. The monoisotopic (exact) mass is 218 g/mol. The van der Waals surface area contributed by atoms with Crippen molar-refractivity contribution >= 4 is 5.97 Å². The van der Waals surface area contributed by atoms with Crippen molar-refractivity contribution in [2.75, 3.05) is 7.11 Å². The molecular formula is C13H14O3. The number of hydrogen-bond acceptors (Lipinski definition) is 2. The van der Waals surface area contributed by atoms with E-state index in [1.807, 2.05) is 24.3 Å². The number of para-hydroxylation sites is 1. The number of hydrogen-bond donors (Lipinski definition) is 1. The summed E-state index contributed by atoms with van der Waals surface area (Å²) >= 11 is 0. The van der Waals surface area contributed by atoms with Crippen molar-refractivity contribution in [1.82, 2.24) is 0 Å². The van der Waals surface area contributed by atoms with Gasteiger partial charge in [-0.25, -0.2) is 0 Å². The number of carbonyl (C=O) groups is 1. The first-order chi connectivity index (χ1) is 7.69. The van der Waals surface area contributed by atoms with Crippen LogP contribution in [0.2, 0.25) is 0 Å². The normalized spacial score (nSPS) is 11.5. The molecule has 84 valence electrons. The average molecular weight is 218 g/mol. The maximum absolute atomic E-state index is 10.7. The van der Waals surface area contributed by atoms with Gasteiger partial charge in [0.1, 0.15) is 11.7 Å². The summed E-state index contributed by atoms with van der Waals surface area (Å²) in [4.78, 5) is 10.7. The fraction of sp³-hybridized carbons (Fsp3) is 0.308. The molecule has 3 heteroatoms. The van der Waals surface area contributed by atoms with Gasteiger partial charge in [-0.1, -0.05) is 24.1 Å². The zero-order valence-electron chi connectivity index (χ0n) is 9.14. The Balaban J connectivity index is 2.67. The molecule has 0 spiro atoms. The number of methoxy groups -OCH3 is 1. The number of terminal acetylenes is 1. The first-order valence-corrected chi connectivity index (χ1v) is 5.00. The molecule has 0 fully saturated rings. The molecule has 3 nitrogen and oxygen atoms in total. The van der Waals surface area contributed by atoms with Crippen molar-refractivity contribution < 1.29 is 14.6 Å². The highest BCUT2D eigenvalue weighted by Gasteiger charge is 2.14. The highest BCUT2D eigenvalue weighted by Crippen LogP contribution is 2.20. The molecule has 0 aromatic heterocycles. The molecule has 1 unspecified atom stereocenters. The lowest BCUT2D eigenvalue weighted by molar-refractivity contribution is -0.139. The molecule has 1 aromatic carbocycles. The number of aryl methyl sites for hydroxylation is 1. The number of carboxylic acids is 1. The lowest BCUT2D eigenvalue weighted by Crippen LogP contribution is -2.12. The number of aliphatic carboxylic acids is 1. The second-order valence-electron chi connectivity index (χ2n) is 3.41. The van der Waals surface area contributed by atoms with Gasteiger partial charge in [-0.15, -0.1) is 6.42 Å². The maximum Gasteiger partial charge on any atom is 0.318 e. The first-order valence-electron chi connectivity index (χ1n) is 5.00. The third-order valence-corrected chi connectivity index (χ3v) is 2.39. The van der Waals surface area contributed by atoms with E-state index in [9.17, 15) is 4.79 Å². The Kier molecular flexibility index (Phi) is 4.41. The predicted molar refractivity (Wildman–Crippen MR) is 61.3 cm³/mol. The van der Waals surface area contributed by atoms with Gasteiger partial charge in [0.2, 0.25) is 0 Å². The fourth-order valence-electron chi connectivity index (χ4n) is 1.49. The van der Waals surface area contributed by atoms with Gasteiger partial charge in [-0.3, -0.25) is 4.79 Å². The first kappa shape index (κ1) is 12.1. The standard InChI is InChI=1S/C13H14O3/c1-3-10(13(14)15)8-9-11-6-4-5-7-12(11)16-2/h1,4-7,10H,8-9H2,2H3,(H,14,15). The van der Waals surface area contributed by atoms with Crippen LogP contribution in [0, 0.1) is 18.3 Å². The fourth-order valence-corrected chi connectivity index (χ4v) is 1.49. The number of benzene rings is 1. The van der Waals surface area contributed by atoms with Crippen LogP contribution in [0.5, 0.6) is 5.75 Å². The van der Waals surface area contributed by atoms with E-state index in [1.165, 1.54) is 0 Å². The molecule has 0 amide bonds. The summed E-state index contributed by atoms with van der Waals surface area (Å²) in [6.45, 7) is 0. The minimum Gasteiger partial charge on any atom is -0.496 e. The topological polar surface area (TPSA) is 46.5 Å². The van der Waals surface area contributed by atoms with Crippen LogP contribution < -0.4 is 4.74 Å². The zero-order valence-corrected chi connectivity index (χ0v) is 9.14. The molecule has 1 atom stereocenters. The highest BCUT2D eigenvalue weighted by atomic mass is 16.5. The summed E-state index contributed by atoms with van der Waals surface area (Å²) in [5.41, 5.74) is 0.978. The summed E-state index contributed by atoms with van der Waals surface area (Å²) in [5, 5.41) is 8.80. The maximum atomic E-state index is 10.7. The third kappa shape index (κ3) is 3.03. The SMILES string of the molecule is C#CC(CCc1ccccc1OC)C(=O)O. The Bertz CT molecular complexity index is 404. The van der Waals surface area contributed by atoms with Crippen LogP contribution in [0.25, 0.3) is 0 Å². The quantitative estimate of drug-likeness (QED) is 0.768. The minimum absolute atomic E-state index is 0.423. The van der Waals surface area contributed by atoms with E-state index in [0.717, 1.165) is 11.3 Å². The Morgan fingerprint density at radius 3 is 2.81 bits per heavy atom. The minimum atomic E-state index is -0.947. The van der Waals surface area contributed by atoms with Gasteiger partial charge in [0.25, 0.3) is 0 Å². The molecule has 0 aliphatic heterocycles. The van der Waals surface area contributed by atoms with Crippen LogP contribution >= 0.6 is 0 Å². The van der Waals surface area contributed by atoms with Crippen molar-refractivity contribution in [1.29, 1.82) is 0 Å². The second-order valence-corrected chi connectivity index (χ2v) is 3.41. The molecule has 0 saturated heterocycles. The van der Waals surface area contributed by atoms with E-state index in [0.29, 0.717) is 12.8 Å². The summed E-state index contributed by atoms with van der Waals surface area (Å²) in [6, 6.07) is 7.52. The van der Waals surface area contributed by atoms with Crippen LogP contribution in [-0.2, 0) is 11.2 Å². The lowest BCUT2D eigenvalue weighted by Gasteiger charge is -2.09. The van der Waals surface area contributed by atoms with Crippen molar-refractivity contribution in [3.05, 3.63) is 29.8 Å². The molecule has 1 rings (SSSR count). The largest absolute Gasteiger partial charge is 0.496 e. The Morgan fingerprint density at radius 1 is 1.56 bits per heavy atom. The molecule has 1 N–H and O–H groups in total. The average Bonchev–Trinajstić information content (AvgIpc) is 2.30. The lowest BCUT2D eigenvalue weighted by atomic mass is 10.00. The Morgan fingerprint density at radius 2 is 2.25 bits per heavy atom. The van der Waals surface area contributed by atoms with E-state index in [2.05, 4.69) is 5.92 Å².